The number of rotatable bonds is 6. The molecule has 0 radical (unpaired) electrons. The number of hydrogen-bond acceptors (Lipinski definition) is 0. The van der Waals surface area contributed by atoms with Crippen molar-refractivity contribution in [3.05, 3.63) is 11.6 Å². The van der Waals surface area contributed by atoms with Gasteiger partial charge in [-0.1, -0.05) is 51.2 Å². The molecule has 0 N–H and O–H groups in total. The molecule has 0 atom stereocenters. The smallest absolute Gasteiger partial charge is 0.0260 e. The Morgan fingerprint density at radius 1 is 1.13 bits per heavy atom. The highest BCUT2D eigenvalue weighted by molar-refractivity contribution is 5.07. The van der Waals surface area contributed by atoms with Crippen LogP contribution in [0.2, 0.25) is 0 Å². The van der Waals surface area contributed by atoms with Crippen LogP contribution in [-0.4, -0.2) is 0 Å². The molecule has 0 bridgehead atoms. The van der Waals surface area contributed by atoms with Crippen LogP contribution in [-0.2, 0) is 0 Å². The van der Waals surface area contributed by atoms with Gasteiger partial charge in [0.1, 0.15) is 0 Å². The lowest BCUT2D eigenvalue weighted by Gasteiger charge is -2.36. The third-order valence-electron chi connectivity index (χ3n) is 4.05. The van der Waals surface area contributed by atoms with E-state index in [0.717, 1.165) is 0 Å². The van der Waals surface area contributed by atoms with Crippen molar-refractivity contribution in [3.63, 3.8) is 0 Å². The molecule has 0 nitrogen and oxygen atoms in total. The molecule has 0 spiro atoms. The Morgan fingerprint density at radius 2 is 1.73 bits per heavy atom. The highest BCUT2D eigenvalue weighted by Gasteiger charge is 2.29. The molecular formula is C15H28. The van der Waals surface area contributed by atoms with Crippen LogP contribution in [0.3, 0.4) is 0 Å². The Morgan fingerprint density at radius 3 is 2.13 bits per heavy atom. The first-order valence-corrected chi connectivity index (χ1v) is 6.88. The average molecular weight is 208 g/mol. The summed E-state index contributed by atoms with van der Waals surface area (Å²) in [6, 6.07) is 0. The Labute approximate surface area is 96.2 Å². The lowest BCUT2D eigenvalue weighted by atomic mass is 9.69. The molecule has 0 aromatic heterocycles. The van der Waals surface area contributed by atoms with E-state index in [0.29, 0.717) is 5.41 Å². The van der Waals surface area contributed by atoms with Crippen LogP contribution in [0, 0.1) is 5.41 Å². The maximum atomic E-state index is 2.51. The summed E-state index contributed by atoms with van der Waals surface area (Å²) in [6.45, 7) is 6.93. The summed E-state index contributed by atoms with van der Waals surface area (Å²) < 4.78 is 0. The monoisotopic (exact) mass is 208 g/mol. The second kappa shape index (κ2) is 6.35. The van der Waals surface area contributed by atoms with E-state index in [1.165, 1.54) is 57.8 Å². The minimum atomic E-state index is 0.686. The zero-order valence-electron chi connectivity index (χ0n) is 10.9. The summed E-state index contributed by atoms with van der Waals surface area (Å²) in [5.74, 6) is 0. The van der Waals surface area contributed by atoms with Gasteiger partial charge < -0.3 is 0 Å². The van der Waals surface area contributed by atoms with Gasteiger partial charge >= 0.3 is 0 Å². The third-order valence-corrected chi connectivity index (χ3v) is 4.05. The van der Waals surface area contributed by atoms with E-state index in [4.69, 9.17) is 0 Å². The zero-order valence-corrected chi connectivity index (χ0v) is 10.9. The molecule has 1 rings (SSSR count). The summed E-state index contributed by atoms with van der Waals surface area (Å²) in [5.41, 5.74) is 2.31. The van der Waals surface area contributed by atoms with Crippen molar-refractivity contribution >= 4 is 0 Å². The molecule has 0 amide bonds. The van der Waals surface area contributed by atoms with E-state index in [9.17, 15) is 0 Å². The number of hydrogen-bond donors (Lipinski definition) is 0. The molecule has 0 fully saturated rings. The zero-order chi connectivity index (χ0) is 11.1. The van der Waals surface area contributed by atoms with Crippen molar-refractivity contribution in [1.29, 1.82) is 0 Å². The summed E-state index contributed by atoms with van der Waals surface area (Å²) in [7, 11) is 0. The lowest BCUT2D eigenvalue weighted by Crippen LogP contribution is -2.23. The van der Waals surface area contributed by atoms with Gasteiger partial charge in [-0.3, -0.25) is 0 Å². The van der Waals surface area contributed by atoms with Crippen LogP contribution in [0.1, 0.15) is 78.6 Å². The predicted octanol–water partition coefficient (Wildman–Crippen LogP) is 5.48. The molecule has 0 heterocycles. The first kappa shape index (κ1) is 12.8. The van der Waals surface area contributed by atoms with Gasteiger partial charge in [0.05, 0.1) is 0 Å². The van der Waals surface area contributed by atoms with E-state index in [1.807, 2.05) is 0 Å². The first-order valence-electron chi connectivity index (χ1n) is 6.88. The van der Waals surface area contributed by atoms with Gasteiger partial charge in [0, 0.05) is 0 Å². The maximum absolute atomic E-state index is 2.51. The van der Waals surface area contributed by atoms with Gasteiger partial charge in [-0.2, -0.15) is 0 Å². The molecule has 0 heteroatoms. The van der Waals surface area contributed by atoms with Gasteiger partial charge in [0.25, 0.3) is 0 Å². The standard InChI is InChI=1S/C15H28/c1-4-6-10-15(11-7-5-2)12-8-14(3)9-13-15/h8H,4-7,9-13H2,1-3H3. The van der Waals surface area contributed by atoms with Gasteiger partial charge in [0.15, 0.2) is 0 Å². The second-order valence-corrected chi connectivity index (χ2v) is 5.46. The maximum Gasteiger partial charge on any atom is -0.0260 e. The molecule has 0 aromatic carbocycles. The molecule has 1 aliphatic rings. The summed E-state index contributed by atoms with van der Waals surface area (Å²) in [6.07, 6.45) is 15.2. The lowest BCUT2D eigenvalue weighted by molar-refractivity contribution is 0.199. The average Bonchev–Trinajstić information content (AvgIpc) is 2.27. The van der Waals surface area contributed by atoms with Crippen LogP contribution < -0.4 is 0 Å². The van der Waals surface area contributed by atoms with E-state index < -0.39 is 0 Å². The quantitative estimate of drug-likeness (QED) is 0.507. The van der Waals surface area contributed by atoms with Gasteiger partial charge in [-0.15, -0.1) is 0 Å². The number of allylic oxidation sites excluding steroid dienone is 2. The molecule has 0 unspecified atom stereocenters. The fraction of sp³-hybridized carbons (Fsp3) is 0.867. The summed E-state index contributed by atoms with van der Waals surface area (Å²) >= 11 is 0. The van der Waals surface area contributed by atoms with E-state index >= 15 is 0 Å². The highest BCUT2D eigenvalue weighted by atomic mass is 14.3. The summed E-state index contributed by atoms with van der Waals surface area (Å²) in [4.78, 5) is 0. The summed E-state index contributed by atoms with van der Waals surface area (Å²) in [5, 5.41) is 0. The van der Waals surface area contributed by atoms with E-state index in [2.05, 4.69) is 26.8 Å². The van der Waals surface area contributed by atoms with Gasteiger partial charge in [-0.25, -0.2) is 0 Å². The van der Waals surface area contributed by atoms with Gasteiger partial charge in [-0.05, 0) is 44.4 Å². The van der Waals surface area contributed by atoms with Crippen molar-refractivity contribution in [2.75, 3.05) is 0 Å². The molecule has 1 aliphatic carbocycles. The van der Waals surface area contributed by atoms with Crippen LogP contribution in [0.5, 0.6) is 0 Å². The van der Waals surface area contributed by atoms with Crippen molar-refractivity contribution in [1.82, 2.24) is 0 Å². The van der Waals surface area contributed by atoms with Crippen molar-refractivity contribution in [3.8, 4) is 0 Å². The Balaban J connectivity index is 2.52. The SMILES string of the molecule is CCCCC1(CCCC)CC=C(C)CC1. The van der Waals surface area contributed by atoms with E-state index in [-0.39, 0.29) is 0 Å². The Kier molecular flexibility index (Phi) is 5.42. The van der Waals surface area contributed by atoms with Crippen molar-refractivity contribution in [2.45, 2.75) is 78.6 Å². The molecule has 0 saturated carbocycles. The van der Waals surface area contributed by atoms with E-state index in [1.54, 1.807) is 5.57 Å². The second-order valence-electron chi connectivity index (χ2n) is 5.46. The predicted molar refractivity (Wildman–Crippen MR) is 69.1 cm³/mol. The minimum Gasteiger partial charge on any atom is -0.0851 e. The molecule has 0 aromatic rings. The minimum absolute atomic E-state index is 0.686. The molecule has 0 saturated heterocycles. The fourth-order valence-electron chi connectivity index (χ4n) is 2.74. The Bertz CT molecular complexity index is 192. The van der Waals surface area contributed by atoms with Crippen LogP contribution >= 0.6 is 0 Å². The highest BCUT2D eigenvalue weighted by Crippen LogP contribution is 2.43. The van der Waals surface area contributed by atoms with Crippen molar-refractivity contribution in [2.24, 2.45) is 5.41 Å². The van der Waals surface area contributed by atoms with Gasteiger partial charge in [0.2, 0.25) is 0 Å². The largest absolute Gasteiger partial charge is 0.0851 e. The number of unbranched alkanes of at least 4 members (excludes halogenated alkanes) is 2. The molecule has 88 valence electrons. The van der Waals surface area contributed by atoms with Crippen molar-refractivity contribution < 1.29 is 0 Å². The molecular weight excluding hydrogens is 180 g/mol. The van der Waals surface area contributed by atoms with Crippen LogP contribution in [0.4, 0.5) is 0 Å². The molecule has 15 heavy (non-hydrogen) atoms. The van der Waals surface area contributed by atoms with Crippen LogP contribution in [0.25, 0.3) is 0 Å². The fourth-order valence-corrected chi connectivity index (χ4v) is 2.74. The first-order chi connectivity index (χ1) is 7.22. The topological polar surface area (TPSA) is 0 Å². The Hall–Kier alpha value is -0.260. The van der Waals surface area contributed by atoms with Crippen LogP contribution in [0.15, 0.2) is 11.6 Å². The third kappa shape index (κ3) is 4.01. The normalized spacial score (nSPS) is 20.1. The molecule has 0 aliphatic heterocycles.